The Hall–Kier alpha value is -0.830. The summed E-state index contributed by atoms with van der Waals surface area (Å²) >= 11 is 1.83. The molecule has 2 nitrogen and oxygen atoms in total. The second kappa shape index (κ2) is 7.19. The van der Waals surface area contributed by atoms with Crippen LogP contribution in [0.1, 0.15) is 98.2 Å². The molecule has 1 aromatic rings. The largest absolute Gasteiger partial charge is 0.338 e. The number of nitrogens with zero attached hydrogens (tertiary/aromatic N) is 1. The van der Waals surface area contributed by atoms with E-state index in [2.05, 4.69) is 16.3 Å². The highest BCUT2D eigenvalue weighted by Gasteiger charge is 2.38. The third-order valence-corrected chi connectivity index (χ3v) is 7.83. The van der Waals surface area contributed by atoms with E-state index in [0.717, 1.165) is 24.6 Å². The minimum absolute atomic E-state index is 0.304. The average Bonchev–Trinajstić information content (AvgIpc) is 3.13. The molecule has 1 saturated heterocycles. The van der Waals surface area contributed by atoms with E-state index in [4.69, 9.17) is 0 Å². The fourth-order valence-corrected chi connectivity index (χ4v) is 6.39. The molecule has 2 saturated carbocycles. The average molecular weight is 346 g/mol. The molecule has 0 atom stereocenters. The molecule has 4 rings (SSSR count). The summed E-state index contributed by atoms with van der Waals surface area (Å²) in [6.45, 7) is 1.98. The fraction of sp³-hybridized carbons (Fsp3) is 0.762. The normalized spacial score (nSPS) is 25.1. The van der Waals surface area contributed by atoms with Crippen molar-refractivity contribution in [2.45, 2.75) is 83.0 Å². The van der Waals surface area contributed by atoms with Crippen molar-refractivity contribution in [3.8, 4) is 0 Å². The van der Waals surface area contributed by atoms with Crippen LogP contribution in [0, 0.1) is 5.41 Å². The van der Waals surface area contributed by atoms with Crippen LogP contribution >= 0.6 is 11.3 Å². The summed E-state index contributed by atoms with van der Waals surface area (Å²) in [7, 11) is 0. The molecule has 3 fully saturated rings. The fourth-order valence-electron chi connectivity index (χ4n) is 5.34. The Morgan fingerprint density at radius 3 is 2.50 bits per heavy atom. The van der Waals surface area contributed by atoms with E-state index in [1.165, 1.54) is 81.9 Å². The summed E-state index contributed by atoms with van der Waals surface area (Å²) in [5.74, 6) is 1.02. The Kier molecular flexibility index (Phi) is 4.98. The van der Waals surface area contributed by atoms with Crippen LogP contribution in [0.15, 0.2) is 11.4 Å². The first kappa shape index (κ1) is 16.6. The van der Waals surface area contributed by atoms with Gasteiger partial charge in [0, 0.05) is 23.3 Å². The first-order valence-corrected chi connectivity index (χ1v) is 11.0. The van der Waals surface area contributed by atoms with Crippen LogP contribution in [0.25, 0.3) is 0 Å². The summed E-state index contributed by atoms with van der Waals surface area (Å²) in [6.07, 6.45) is 16.1. The zero-order valence-electron chi connectivity index (χ0n) is 14.9. The van der Waals surface area contributed by atoms with Gasteiger partial charge in [0.15, 0.2) is 0 Å². The number of carbonyl (C=O) groups excluding carboxylic acids is 1. The monoisotopic (exact) mass is 345 g/mol. The number of carbonyl (C=O) groups is 1. The van der Waals surface area contributed by atoms with Crippen molar-refractivity contribution in [2.24, 2.45) is 5.41 Å². The van der Waals surface area contributed by atoms with Gasteiger partial charge in [0.1, 0.15) is 0 Å². The molecule has 0 N–H and O–H groups in total. The third kappa shape index (κ3) is 3.42. The molecular weight excluding hydrogens is 314 g/mol. The zero-order chi connectivity index (χ0) is 16.4. The number of hydrogen-bond acceptors (Lipinski definition) is 2. The van der Waals surface area contributed by atoms with Gasteiger partial charge < -0.3 is 4.90 Å². The number of thiophene rings is 1. The lowest BCUT2D eigenvalue weighted by atomic mass is 9.69. The molecule has 1 aliphatic heterocycles. The second-order valence-electron chi connectivity index (χ2n) is 8.46. The van der Waals surface area contributed by atoms with Crippen molar-refractivity contribution in [2.75, 3.05) is 13.1 Å². The van der Waals surface area contributed by atoms with Crippen molar-refractivity contribution in [3.63, 3.8) is 0 Å². The van der Waals surface area contributed by atoms with Gasteiger partial charge in [0.25, 0.3) is 5.91 Å². The Morgan fingerprint density at radius 2 is 1.71 bits per heavy atom. The first-order valence-electron chi connectivity index (χ1n) is 10.1. The van der Waals surface area contributed by atoms with Crippen molar-refractivity contribution in [3.05, 3.63) is 21.9 Å². The number of piperidine rings is 1. The smallest absolute Gasteiger partial charge is 0.254 e. The zero-order valence-corrected chi connectivity index (χ0v) is 15.7. The van der Waals surface area contributed by atoms with Gasteiger partial charge in [-0.05, 0) is 55.9 Å². The molecule has 0 bridgehead atoms. The molecule has 24 heavy (non-hydrogen) atoms. The Balaban J connectivity index is 1.44. The number of hydrogen-bond donors (Lipinski definition) is 0. The van der Waals surface area contributed by atoms with Crippen molar-refractivity contribution < 1.29 is 4.79 Å². The Bertz CT molecular complexity index is 561. The van der Waals surface area contributed by atoms with Crippen LogP contribution < -0.4 is 0 Å². The third-order valence-electron chi connectivity index (χ3n) is 6.74. The molecule has 0 unspecified atom stereocenters. The van der Waals surface area contributed by atoms with Crippen LogP contribution in [0.5, 0.6) is 0 Å². The van der Waals surface area contributed by atoms with Gasteiger partial charge in [-0.15, -0.1) is 11.3 Å². The summed E-state index contributed by atoms with van der Waals surface area (Å²) < 4.78 is 0. The Labute approximate surface area is 150 Å². The molecule has 3 aliphatic rings. The molecule has 132 valence electrons. The van der Waals surface area contributed by atoms with Crippen molar-refractivity contribution in [1.29, 1.82) is 0 Å². The lowest BCUT2D eigenvalue weighted by molar-refractivity contribution is 0.0384. The van der Waals surface area contributed by atoms with Gasteiger partial charge in [-0.1, -0.05) is 38.5 Å². The highest BCUT2D eigenvalue weighted by molar-refractivity contribution is 7.10. The molecule has 2 heterocycles. The van der Waals surface area contributed by atoms with Gasteiger partial charge >= 0.3 is 0 Å². The van der Waals surface area contributed by atoms with Crippen LogP contribution in [0.4, 0.5) is 0 Å². The molecule has 1 spiro atoms. The van der Waals surface area contributed by atoms with Crippen LogP contribution in [-0.2, 0) is 0 Å². The van der Waals surface area contributed by atoms with E-state index in [9.17, 15) is 4.79 Å². The number of rotatable bonds is 2. The second-order valence-corrected chi connectivity index (χ2v) is 9.41. The minimum Gasteiger partial charge on any atom is -0.338 e. The quantitative estimate of drug-likeness (QED) is 0.645. The minimum atomic E-state index is 0.304. The summed E-state index contributed by atoms with van der Waals surface area (Å²) in [4.78, 5) is 16.7. The summed E-state index contributed by atoms with van der Waals surface area (Å²) in [5, 5.41) is 2.13. The molecule has 1 amide bonds. The molecule has 3 heteroatoms. The molecule has 0 radical (unpaired) electrons. The summed E-state index contributed by atoms with van der Waals surface area (Å²) in [5.41, 5.74) is 1.42. The maximum atomic E-state index is 13.1. The molecular formula is C21H31NOS. The van der Waals surface area contributed by atoms with E-state index >= 15 is 0 Å². The van der Waals surface area contributed by atoms with Gasteiger partial charge in [-0.25, -0.2) is 0 Å². The predicted molar refractivity (Wildman–Crippen MR) is 101 cm³/mol. The van der Waals surface area contributed by atoms with E-state index in [0.29, 0.717) is 11.3 Å². The molecule has 2 aliphatic carbocycles. The lowest BCUT2D eigenvalue weighted by Gasteiger charge is -2.45. The van der Waals surface area contributed by atoms with E-state index in [1.54, 1.807) is 0 Å². The van der Waals surface area contributed by atoms with Crippen LogP contribution in [-0.4, -0.2) is 23.9 Å². The number of likely N-dealkylation sites (tertiary alicyclic amines) is 1. The van der Waals surface area contributed by atoms with Crippen molar-refractivity contribution >= 4 is 17.2 Å². The van der Waals surface area contributed by atoms with Crippen LogP contribution in [0.2, 0.25) is 0 Å². The summed E-state index contributed by atoms with van der Waals surface area (Å²) in [6, 6.07) is 2.23. The van der Waals surface area contributed by atoms with E-state index in [1.807, 2.05) is 11.3 Å². The standard InChI is InChI=1S/C21H31NOS/c23-20(18-14-19(24-15-18)17-8-3-1-4-9-17)22-13-7-12-21(16-22)10-5-2-6-11-21/h14-15,17H,1-13,16H2. The van der Waals surface area contributed by atoms with Gasteiger partial charge in [-0.2, -0.15) is 0 Å². The van der Waals surface area contributed by atoms with Gasteiger partial charge in [-0.3, -0.25) is 4.79 Å². The van der Waals surface area contributed by atoms with Crippen molar-refractivity contribution in [1.82, 2.24) is 4.90 Å². The highest BCUT2D eigenvalue weighted by Crippen LogP contribution is 2.43. The maximum Gasteiger partial charge on any atom is 0.254 e. The van der Waals surface area contributed by atoms with E-state index in [-0.39, 0.29) is 0 Å². The van der Waals surface area contributed by atoms with Crippen LogP contribution in [0.3, 0.4) is 0 Å². The lowest BCUT2D eigenvalue weighted by Crippen LogP contribution is -2.46. The van der Waals surface area contributed by atoms with Gasteiger partial charge in [0.2, 0.25) is 0 Å². The Morgan fingerprint density at radius 1 is 1.00 bits per heavy atom. The van der Waals surface area contributed by atoms with E-state index < -0.39 is 0 Å². The highest BCUT2D eigenvalue weighted by atomic mass is 32.1. The number of amides is 1. The topological polar surface area (TPSA) is 20.3 Å². The molecule has 0 aromatic carbocycles. The predicted octanol–water partition coefficient (Wildman–Crippen LogP) is 5.98. The SMILES string of the molecule is O=C(c1csc(C2CCCCC2)c1)N1CCCC2(CCCCC2)C1. The molecule has 1 aromatic heterocycles. The van der Waals surface area contributed by atoms with Gasteiger partial charge in [0.05, 0.1) is 5.56 Å². The first-order chi connectivity index (χ1) is 11.8. The maximum absolute atomic E-state index is 13.1.